The molecule has 1 saturated carbocycles. The molecule has 0 radical (unpaired) electrons. The van der Waals surface area contributed by atoms with Crippen LogP contribution in [0.3, 0.4) is 0 Å². The number of pyridine rings is 1. The van der Waals surface area contributed by atoms with E-state index in [1.807, 2.05) is 36.7 Å². The molecule has 1 fully saturated rings. The van der Waals surface area contributed by atoms with Crippen LogP contribution >= 0.6 is 0 Å². The molecule has 2 nitrogen and oxygen atoms in total. The molecule has 1 aliphatic rings. The largest absolute Gasteiger partial charge is 0.294 e. The van der Waals surface area contributed by atoms with Gasteiger partial charge in [-0.05, 0) is 42.9 Å². The zero-order valence-corrected chi connectivity index (χ0v) is 10.4. The highest BCUT2D eigenvalue weighted by molar-refractivity contribution is 6.00. The second kappa shape index (κ2) is 4.37. The van der Waals surface area contributed by atoms with E-state index >= 15 is 0 Å². The van der Waals surface area contributed by atoms with Crippen LogP contribution in [0.2, 0.25) is 0 Å². The summed E-state index contributed by atoms with van der Waals surface area (Å²) in [5.41, 5.74) is 4.10. The molecule has 1 aromatic carbocycles. The third kappa shape index (κ3) is 2.06. The van der Waals surface area contributed by atoms with Crippen molar-refractivity contribution in [3.8, 4) is 11.1 Å². The van der Waals surface area contributed by atoms with E-state index in [9.17, 15) is 4.79 Å². The van der Waals surface area contributed by atoms with E-state index in [-0.39, 0.29) is 5.78 Å². The number of benzene rings is 1. The van der Waals surface area contributed by atoms with Crippen molar-refractivity contribution in [3.63, 3.8) is 0 Å². The Balaban J connectivity index is 2.08. The van der Waals surface area contributed by atoms with Crippen molar-refractivity contribution >= 4 is 5.78 Å². The number of Topliss-reactive ketones (excluding diaryl/α,β-unsaturated/α-hetero) is 1. The van der Waals surface area contributed by atoms with Crippen molar-refractivity contribution in [2.24, 2.45) is 0 Å². The molecular weight excluding hydrogens is 222 g/mol. The molecule has 0 spiro atoms. The first kappa shape index (κ1) is 11.1. The summed E-state index contributed by atoms with van der Waals surface area (Å²) < 4.78 is 0. The first-order valence-corrected chi connectivity index (χ1v) is 6.31. The molecule has 2 heteroatoms. The highest BCUT2D eigenvalue weighted by Gasteiger charge is 2.24. The van der Waals surface area contributed by atoms with Gasteiger partial charge in [0.15, 0.2) is 5.78 Å². The molecule has 0 aliphatic heterocycles. The third-order valence-corrected chi connectivity index (χ3v) is 3.43. The van der Waals surface area contributed by atoms with E-state index in [1.165, 1.54) is 18.4 Å². The van der Waals surface area contributed by atoms with Gasteiger partial charge in [0.1, 0.15) is 0 Å². The smallest absolute Gasteiger partial charge is 0.160 e. The average Bonchev–Trinajstić information content (AvgIpc) is 3.23. The molecule has 0 unspecified atom stereocenters. The second-order valence-electron chi connectivity index (χ2n) is 4.88. The molecule has 0 N–H and O–H groups in total. The number of rotatable bonds is 3. The van der Waals surface area contributed by atoms with Gasteiger partial charge in [-0.1, -0.05) is 24.3 Å². The zero-order chi connectivity index (χ0) is 12.5. The summed E-state index contributed by atoms with van der Waals surface area (Å²) in [5.74, 6) is 0.782. The van der Waals surface area contributed by atoms with Crippen LogP contribution in [-0.4, -0.2) is 10.8 Å². The second-order valence-corrected chi connectivity index (χ2v) is 4.88. The van der Waals surface area contributed by atoms with Crippen LogP contribution in [0, 0.1) is 0 Å². The van der Waals surface area contributed by atoms with Crippen LogP contribution in [0.1, 0.15) is 41.6 Å². The molecule has 1 heterocycles. The fourth-order valence-electron chi connectivity index (χ4n) is 2.29. The van der Waals surface area contributed by atoms with E-state index in [1.54, 1.807) is 6.92 Å². The Bertz CT molecular complexity index is 600. The first-order chi connectivity index (χ1) is 8.75. The number of carbonyl (C=O) groups excluding carboxylic acids is 1. The molecule has 1 aromatic heterocycles. The van der Waals surface area contributed by atoms with E-state index in [0.29, 0.717) is 5.92 Å². The Kier molecular flexibility index (Phi) is 2.71. The van der Waals surface area contributed by atoms with Crippen molar-refractivity contribution in [2.45, 2.75) is 25.7 Å². The summed E-state index contributed by atoms with van der Waals surface area (Å²) >= 11 is 0. The quantitative estimate of drug-likeness (QED) is 0.759. The van der Waals surface area contributed by atoms with Crippen molar-refractivity contribution in [3.05, 3.63) is 53.9 Å². The molecule has 0 saturated heterocycles. The molecular formula is C16H15NO. The lowest BCUT2D eigenvalue weighted by Gasteiger charge is -2.08. The minimum absolute atomic E-state index is 0.0995. The molecule has 0 bridgehead atoms. The Hall–Kier alpha value is -1.96. The summed E-state index contributed by atoms with van der Waals surface area (Å²) in [6, 6.07) is 9.91. The summed E-state index contributed by atoms with van der Waals surface area (Å²) in [5, 5.41) is 0. The average molecular weight is 237 g/mol. The van der Waals surface area contributed by atoms with Gasteiger partial charge in [-0.25, -0.2) is 0 Å². The molecule has 2 aromatic rings. The van der Waals surface area contributed by atoms with Gasteiger partial charge < -0.3 is 0 Å². The van der Waals surface area contributed by atoms with E-state index in [2.05, 4.69) is 11.1 Å². The normalized spacial score (nSPS) is 14.5. The Labute approximate surface area is 107 Å². The highest BCUT2D eigenvalue weighted by Crippen LogP contribution is 2.40. The van der Waals surface area contributed by atoms with Crippen molar-refractivity contribution < 1.29 is 4.79 Å². The number of nitrogens with zero attached hydrogens (tertiary/aromatic N) is 1. The summed E-state index contributed by atoms with van der Waals surface area (Å²) in [6.07, 6.45) is 6.31. The fourth-order valence-corrected chi connectivity index (χ4v) is 2.29. The van der Waals surface area contributed by atoms with Gasteiger partial charge in [0.2, 0.25) is 0 Å². The zero-order valence-electron chi connectivity index (χ0n) is 10.4. The highest BCUT2D eigenvalue weighted by atomic mass is 16.1. The van der Waals surface area contributed by atoms with Crippen molar-refractivity contribution in [1.82, 2.24) is 4.98 Å². The van der Waals surface area contributed by atoms with Gasteiger partial charge in [-0.2, -0.15) is 0 Å². The number of hydrogen-bond donors (Lipinski definition) is 0. The summed E-state index contributed by atoms with van der Waals surface area (Å²) in [4.78, 5) is 16.0. The maximum absolute atomic E-state index is 11.7. The van der Waals surface area contributed by atoms with Crippen molar-refractivity contribution in [1.29, 1.82) is 0 Å². The minimum Gasteiger partial charge on any atom is -0.294 e. The van der Waals surface area contributed by atoms with Crippen LogP contribution in [0.4, 0.5) is 0 Å². The van der Waals surface area contributed by atoms with Crippen LogP contribution in [0.25, 0.3) is 11.1 Å². The molecule has 90 valence electrons. The van der Waals surface area contributed by atoms with Crippen LogP contribution < -0.4 is 0 Å². The Morgan fingerprint density at radius 2 is 2.00 bits per heavy atom. The van der Waals surface area contributed by atoms with Gasteiger partial charge in [-0.15, -0.1) is 0 Å². The standard InChI is InChI=1S/C16H15NO/c1-11(18)15-4-2-3-5-16(15)14-8-13(9-17-10-14)12-6-7-12/h2-5,8-10,12H,6-7H2,1H3. The molecule has 18 heavy (non-hydrogen) atoms. The SMILES string of the molecule is CC(=O)c1ccccc1-c1cncc(C2CC2)c1. The molecule has 1 aliphatic carbocycles. The monoisotopic (exact) mass is 237 g/mol. The topological polar surface area (TPSA) is 30.0 Å². The number of hydrogen-bond acceptors (Lipinski definition) is 2. The van der Waals surface area contributed by atoms with Gasteiger partial charge in [0, 0.05) is 23.5 Å². The summed E-state index contributed by atoms with van der Waals surface area (Å²) in [6.45, 7) is 1.61. The Morgan fingerprint density at radius 3 is 2.72 bits per heavy atom. The van der Waals surface area contributed by atoms with Crippen LogP contribution in [0.15, 0.2) is 42.7 Å². The van der Waals surface area contributed by atoms with E-state index < -0.39 is 0 Å². The lowest BCUT2D eigenvalue weighted by Crippen LogP contribution is -1.96. The van der Waals surface area contributed by atoms with Gasteiger partial charge in [0.25, 0.3) is 0 Å². The maximum Gasteiger partial charge on any atom is 0.160 e. The van der Waals surface area contributed by atoms with Crippen molar-refractivity contribution in [2.75, 3.05) is 0 Å². The molecule has 0 amide bonds. The van der Waals surface area contributed by atoms with Crippen LogP contribution in [0.5, 0.6) is 0 Å². The maximum atomic E-state index is 11.7. The van der Waals surface area contributed by atoms with Gasteiger partial charge in [-0.3, -0.25) is 9.78 Å². The number of ketones is 1. The third-order valence-electron chi connectivity index (χ3n) is 3.43. The van der Waals surface area contributed by atoms with Gasteiger partial charge in [0.05, 0.1) is 0 Å². The Morgan fingerprint density at radius 1 is 1.22 bits per heavy atom. The van der Waals surface area contributed by atoms with Gasteiger partial charge >= 0.3 is 0 Å². The summed E-state index contributed by atoms with van der Waals surface area (Å²) in [7, 11) is 0. The predicted octanol–water partition coefficient (Wildman–Crippen LogP) is 3.83. The lowest BCUT2D eigenvalue weighted by atomic mass is 9.97. The fraction of sp³-hybridized carbons (Fsp3) is 0.250. The molecule has 0 atom stereocenters. The first-order valence-electron chi connectivity index (χ1n) is 6.31. The minimum atomic E-state index is 0.0995. The number of carbonyl (C=O) groups is 1. The van der Waals surface area contributed by atoms with E-state index in [0.717, 1.165) is 16.7 Å². The van der Waals surface area contributed by atoms with E-state index in [4.69, 9.17) is 0 Å². The predicted molar refractivity (Wildman–Crippen MR) is 71.7 cm³/mol. The molecule has 3 rings (SSSR count). The number of aromatic nitrogens is 1. The van der Waals surface area contributed by atoms with Crippen LogP contribution in [-0.2, 0) is 0 Å². The lowest BCUT2D eigenvalue weighted by molar-refractivity contribution is 0.101.